The molecule has 0 fully saturated rings. The van der Waals surface area contributed by atoms with Crippen molar-refractivity contribution in [1.82, 2.24) is 0 Å². The van der Waals surface area contributed by atoms with Gasteiger partial charge in [-0.2, -0.15) is 0 Å². The highest BCUT2D eigenvalue weighted by Crippen LogP contribution is 2.25. The maximum atomic E-state index is 13.5. The molecule has 0 aliphatic rings. The molecule has 1 atom stereocenters. The van der Waals surface area contributed by atoms with Crippen LogP contribution in [0.15, 0.2) is 36.4 Å². The number of hydrogen-bond donors (Lipinski definition) is 1. The van der Waals surface area contributed by atoms with E-state index in [0.29, 0.717) is 12.1 Å². The summed E-state index contributed by atoms with van der Waals surface area (Å²) in [5, 5.41) is 9.95. The molecule has 0 bridgehead atoms. The van der Waals surface area contributed by atoms with Gasteiger partial charge in [0.25, 0.3) is 0 Å². The minimum absolute atomic E-state index is 0.0755. The van der Waals surface area contributed by atoms with Crippen LogP contribution in [0.5, 0.6) is 0 Å². The first-order valence-corrected chi connectivity index (χ1v) is 5.86. The quantitative estimate of drug-likeness (QED) is 0.898. The van der Waals surface area contributed by atoms with E-state index in [1.165, 1.54) is 0 Å². The third kappa shape index (κ3) is 2.96. The van der Waals surface area contributed by atoms with Crippen molar-refractivity contribution in [2.24, 2.45) is 0 Å². The lowest BCUT2D eigenvalue weighted by Crippen LogP contribution is -2.08. The largest absolute Gasteiger partial charge is 0.388 e. The van der Waals surface area contributed by atoms with Crippen molar-refractivity contribution in [3.8, 4) is 0 Å². The van der Waals surface area contributed by atoms with Gasteiger partial charge in [0, 0.05) is 18.6 Å². The van der Waals surface area contributed by atoms with Gasteiger partial charge in [-0.05, 0) is 18.1 Å². The number of benzene rings is 2. The Morgan fingerprint density at radius 2 is 1.63 bits per heavy atom. The zero-order chi connectivity index (χ0) is 14.0. The van der Waals surface area contributed by atoms with Gasteiger partial charge >= 0.3 is 0 Å². The topological polar surface area (TPSA) is 20.2 Å². The summed E-state index contributed by atoms with van der Waals surface area (Å²) in [7, 11) is 0. The highest BCUT2D eigenvalue weighted by Gasteiger charge is 2.20. The minimum Gasteiger partial charge on any atom is -0.388 e. The Bertz CT molecular complexity index is 573. The summed E-state index contributed by atoms with van der Waals surface area (Å²) in [5.74, 6) is -3.14. The van der Waals surface area contributed by atoms with E-state index in [4.69, 9.17) is 0 Å². The Labute approximate surface area is 109 Å². The van der Waals surface area contributed by atoms with Gasteiger partial charge in [-0.15, -0.1) is 0 Å². The van der Waals surface area contributed by atoms with Crippen LogP contribution < -0.4 is 0 Å². The van der Waals surface area contributed by atoms with Crippen LogP contribution in [0.1, 0.15) is 22.8 Å². The van der Waals surface area contributed by atoms with Gasteiger partial charge in [-0.25, -0.2) is 13.2 Å². The molecule has 1 N–H and O–H groups in total. The van der Waals surface area contributed by atoms with Crippen molar-refractivity contribution in [1.29, 1.82) is 0 Å². The van der Waals surface area contributed by atoms with Gasteiger partial charge in [0.15, 0.2) is 0 Å². The van der Waals surface area contributed by atoms with Crippen molar-refractivity contribution >= 4 is 0 Å². The zero-order valence-electron chi connectivity index (χ0n) is 10.3. The van der Waals surface area contributed by atoms with Crippen LogP contribution in [0.4, 0.5) is 13.2 Å². The number of aliphatic hydroxyl groups excluding tert-OH is 1. The first kappa shape index (κ1) is 13.6. The molecule has 1 nitrogen and oxygen atoms in total. The molecule has 4 heteroatoms. The number of halogens is 3. The highest BCUT2D eigenvalue weighted by atomic mass is 19.1. The Morgan fingerprint density at radius 1 is 1.05 bits per heavy atom. The molecule has 0 aliphatic heterocycles. The summed E-state index contributed by atoms with van der Waals surface area (Å²) >= 11 is 0. The molecule has 0 radical (unpaired) electrons. The second-order valence-electron chi connectivity index (χ2n) is 4.43. The van der Waals surface area contributed by atoms with E-state index in [9.17, 15) is 18.3 Å². The second-order valence-corrected chi connectivity index (χ2v) is 4.43. The van der Waals surface area contributed by atoms with Crippen molar-refractivity contribution in [3.05, 3.63) is 70.5 Å². The minimum atomic E-state index is -1.35. The van der Waals surface area contributed by atoms with Crippen molar-refractivity contribution < 1.29 is 18.3 Å². The number of rotatable bonds is 3. The van der Waals surface area contributed by atoms with Gasteiger partial charge in [-0.3, -0.25) is 0 Å². The van der Waals surface area contributed by atoms with Gasteiger partial charge in [0.1, 0.15) is 17.5 Å². The molecule has 0 aliphatic carbocycles. The molecule has 2 rings (SSSR count). The Morgan fingerprint density at radius 3 is 2.21 bits per heavy atom. The SMILES string of the molecule is Cc1ccccc1CC(O)c1c(F)cc(F)cc1F. The normalized spacial score (nSPS) is 12.5. The molecule has 0 spiro atoms. The molecule has 0 aromatic heterocycles. The fraction of sp³-hybridized carbons (Fsp3) is 0.200. The molecular formula is C15H13F3O. The van der Waals surface area contributed by atoms with Crippen molar-refractivity contribution in [2.45, 2.75) is 19.4 Å². The van der Waals surface area contributed by atoms with Crippen LogP contribution in [0, 0.1) is 24.4 Å². The Kier molecular flexibility index (Phi) is 3.90. The van der Waals surface area contributed by atoms with E-state index >= 15 is 0 Å². The van der Waals surface area contributed by atoms with Gasteiger partial charge in [-0.1, -0.05) is 24.3 Å². The molecule has 0 heterocycles. The first-order chi connectivity index (χ1) is 8.99. The van der Waals surface area contributed by atoms with Crippen LogP contribution in [-0.2, 0) is 6.42 Å². The van der Waals surface area contributed by atoms with Crippen LogP contribution >= 0.6 is 0 Å². The van der Waals surface area contributed by atoms with Crippen LogP contribution in [0.25, 0.3) is 0 Å². The lowest BCUT2D eigenvalue weighted by molar-refractivity contribution is 0.168. The number of aliphatic hydroxyl groups is 1. The summed E-state index contributed by atoms with van der Waals surface area (Å²) in [6.07, 6.45) is -1.27. The molecular weight excluding hydrogens is 253 g/mol. The summed E-state index contributed by atoms with van der Waals surface area (Å²) in [6.45, 7) is 1.85. The summed E-state index contributed by atoms with van der Waals surface area (Å²) in [5.41, 5.74) is 1.22. The molecule has 0 amide bonds. The molecule has 0 saturated heterocycles. The Hall–Kier alpha value is -1.81. The van der Waals surface area contributed by atoms with E-state index in [2.05, 4.69) is 0 Å². The predicted octanol–water partition coefficient (Wildman–Crippen LogP) is 3.69. The van der Waals surface area contributed by atoms with E-state index in [-0.39, 0.29) is 6.42 Å². The molecule has 0 saturated carbocycles. The molecule has 2 aromatic carbocycles. The van der Waals surface area contributed by atoms with Crippen molar-refractivity contribution in [3.63, 3.8) is 0 Å². The summed E-state index contributed by atoms with van der Waals surface area (Å²) in [6, 6.07) is 8.38. The maximum absolute atomic E-state index is 13.5. The summed E-state index contributed by atoms with van der Waals surface area (Å²) in [4.78, 5) is 0. The maximum Gasteiger partial charge on any atom is 0.134 e. The second kappa shape index (κ2) is 5.45. The van der Waals surface area contributed by atoms with Gasteiger partial charge < -0.3 is 5.11 Å². The van der Waals surface area contributed by atoms with Crippen molar-refractivity contribution in [2.75, 3.05) is 0 Å². The third-order valence-corrected chi connectivity index (χ3v) is 3.05. The standard InChI is InChI=1S/C15H13F3O/c1-9-4-2-3-5-10(9)6-14(19)15-12(17)7-11(16)8-13(15)18/h2-5,7-8,14,19H,6H2,1H3. The van der Waals surface area contributed by atoms with E-state index in [1.807, 2.05) is 19.1 Å². The number of aryl methyl sites for hydroxylation is 1. The number of hydrogen-bond acceptors (Lipinski definition) is 1. The van der Waals surface area contributed by atoms with Crippen LogP contribution in [0.3, 0.4) is 0 Å². The molecule has 1 unspecified atom stereocenters. The smallest absolute Gasteiger partial charge is 0.134 e. The molecule has 100 valence electrons. The van der Waals surface area contributed by atoms with Crippen LogP contribution in [0.2, 0.25) is 0 Å². The average Bonchev–Trinajstić information content (AvgIpc) is 2.30. The third-order valence-electron chi connectivity index (χ3n) is 3.05. The van der Waals surface area contributed by atoms with Crippen LogP contribution in [-0.4, -0.2) is 5.11 Å². The average molecular weight is 266 g/mol. The summed E-state index contributed by atoms with van der Waals surface area (Å²) < 4.78 is 39.9. The predicted molar refractivity (Wildman–Crippen MR) is 66.2 cm³/mol. The lowest BCUT2D eigenvalue weighted by Gasteiger charge is -2.14. The molecule has 2 aromatic rings. The monoisotopic (exact) mass is 266 g/mol. The highest BCUT2D eigenvalue weighted by molar-refractivity contribution is 5.29. The fourth-order valence-electron chi connectivity index (χ4n) is 2.02. The molecule has 19 heavy (non-hydrogen) atoms. The van der Waals surface area contributed by atoms with E-state index < -0.39 is 29.1 Å². The van der Waals surface area contributed by atoms with Gasteiger partial charge in [0.2, 0.25) is 0 Å². The zero-order valence-corrected chi connectivity index (χ0v) is 10.3. The first-order valence-electron chi connectivity index (χ1n) is 5.86. The van der Waals surface area contributed by atoms with Gasteiger partial charge in [0.05, 0.1) is 11.7 Å². The fourth-order valence-corrected chi connectivity index (χ4v) is 2.02. The lowest BCUT2D eigenvalue weighted by atomic mass is 9.97. The van der Waals surface area contributed by atoms with E-state index in [1.54, 1.807) is 12.1 Å². The Balaban J connectivity index is 2.31. The van der Waals surface area contributed by atoms with E-state index in [0.717, 1.165) is 11.1 Å².